The number of halogens is 1. The smallest absolute Gasteiger partial charge is 0.343 e. The number of carbonyl (C=O) groups excluding carboxylic acids is 1. The van der Waals surface area contributed by atoms with E-state index in [0.29, 0.717) is 11.3 Å². The predicted octanol–water partition coefficient (Wildman–Crippen LogP) is 5.06. The molecule has 1 aliphatic heterocycles. The van der Waals surface area contributed by atoms with Gasteiger partial charge in [0.1, 0.15) is 11.5 Å². The maximum Gasteiger partial charge on any atom is 0.343 e. The molecule has 0 aliphatic carbocycles. The molecular weight excluding hydrogens is 368 g/mol. The molecule has 0 aromatic heterocycles. The Morgan fingerprint density at radius 3 is 2.62 bits per heavy atom. The monoisotopic (exact) mass is 384 g/mol. The maximum atomic E-state index is 12.2. The molecule has 0 amide bonds. The number of methoxy groups -OCH3 is 1. The zero-order valence-electron chi connectivity index (χ0n) is 13.7. The summed E-state index contributed by atoms with van der Waals surface area (Å²) in [6.07, 6.45) is 3.60. The molecule has 0 saturated carbocycles. The first-order chi connectivity index (χ1) is 11.5. The van der Waals surface area contributed by atoms with Crippen molar-refractivity contribution in [2.24, 2.45) is 0 Å². The van der Waals surface area contributed by atoms with Crippen molar-refractivity contribution in [3.8, 4) is 5.75 Å². The molecule has 1 aliphatic rings. The minimum atomic E-state index is -0.335. The first-order valence-electron chi connectivity index (χ1n) is 7.54. The van der Waals surface area contributed by atoms with Gasteiger partial charge in [-0.25, -0.2) is 4.79 Å². The van der Waals surface area contributed by atoms with Crippen molar-refractivity contribution in [2.45, 2.75) is 13.8 Å². The molecule has 3 rings (SSSR count). The number of cyclic esters (lactones) is 1. The van der Waals surface area contributed by atoms with E-state index in [4.69, 9.17) is 9.47 Å². The Kier molecular flexibility index (Phi) is 4.58. The van der Waals surface area contributed by atoms with Crippen LogP contribution in [0.4, 0.5) is 0 Å². The minimum Gasteiger partial charge on any atom is -0.496 e. The van der Waals surface area contributed by atoms with Crippen LogP contribution < -0.4 is 4.74 Å². The van der Waals surface area contributed by atoms with Crippen LogP contribution in [-0.2, 0) is 9.53 Å². The van der Waals surface area contributed by atoms with Crippen LogP contribution >= 0.6 is 15.9 Å². The number of hydrogen-bond donors (Lipinski definition) is 0. The highest BCUT2D eigenvalue weighted by molar-refractivity contribution is 9.10. The average Bonchev–Trinajstić information content (AvgIpc) is 2.90. The third kappa shape index (κ3) is 3.29. The fourth-order valence-corrected chi connectivity index (χ4v) is 3.13. The fourth-order valence-electron chi connectivity index (χ4n) is 2.58. The van der Waals surface area contributed by atoms with E-state index < -0.39 is 0 Å². The molecule has 0 bridgehead atoms. The van der Waals surface area contributed by atoms with E-state index in [1.54, 1.807) is 13.2 Å². The molecule has 24 heavy (non-hydrogen) atoms. The summed E-state index contributed by atoms with van der Waals surface area (Å²) in [5.74, 6) is 1.01. The number of hydrogen-bond acceptors (Lipinski definition) is 3. The molecule has 4 heteroatoms. The van der Waals surface area contributed by atoms with Crippen LogP contribution in [0, 0.1) is 13.8 Å². The Labute approximate surface area is 149 Å². The molecule has 3 nitrogen and oxygen atoms in total. The summed E-state index contributed by atoms with van der Waals surface area (Å²) in [5.41, 5.74) is 4.58. The van der Waals surface area contributed by atoms with Gasteiger partial charge in [-0.2, -0.15) is 0 Å². The molecule has 122 valence electrons. The Hall–Kier alpha value is -2.33. The lowest BCUT2D eigenvalue weighted by atomic mass is 10.0. The van der Waals surface area contributed by atoms with Crippen LogP contribution in [0.25, 0.3) is 11.8 Å². The number of ether oxygens (including phenoxy) is 2. The molecule has 0 radical (unpaired) electrons. The van der Waals surface area contributed by atoms with E-state index in [2.05, 4.69) is 15.9 Å². The van der Waals surface area contributed by atoms with E-state index in [1.165, 1.54) is 0 Å². The van der Waals surface area contributed by atoms with E-state index in [0.717, 1.165) is 32.5 Å². The van der Waals surface area contributed by atoms with Crippen LogP contribution in [0.15, 0.2) is 52.5 Å². The van der Waals surface area contributed by atoms with Crippen molar-refractivity contribution in [1.82, 2.24) is 0 Å². The van der Waals surface area contributed by atoms with Crippen molar-refractivity contribution in [3.63, 3.8) is 0 Å². The fraction of sp³-hybridized carbons (Fsp3) is 0.150. The lowest BCUT2D eigenvalue weighted by Crippen LogP contribution is -1.98. The van der Waals surface area contributed by atoms with Gasteiger partial charge in [-0.05, 0) is 71.3 Å². The Morgan fingerprint density at radius 2 is 1.92 bits per heavy atom. The Morgan fingerprint density at radius 1 is 1.12 bits per heavy atom. The predicted molar refractivity (Wildman–Crippen MR) is 98.7 cm³/mol. The van der Waals surface area contributed by atoms with Gasteiger partial charge in [0.2, 0.25) is 0 Å². The zero-order chi connectivity index (χ0) is 17.3. The molecule has 2 aromatic rings. The normalized spacial score (nSPS) is 15.4. The minimum absolute atomic E-state index is 0.335. The first kappa shape index (κ1) is 16.5. The van der Waals surface area contributed by atoms with Gasteiger partial charge in [0.15, 0.2) is 0 Å². The van der Waals surface area contributed by atoms with E-state index >= 15 is 0 Å². The number of rotatable bonds is 3. The molecule has 1 heterocycles. The topological polar surface area (TPSA) is 35.5 Å². The second-order valence-corrected chi connectivity index (χ2v) is 6.56. The molecular formula is C20H17BrO3. The molecule has 0 fully saturated rings. The van der Waals surface area contributed by atoms with Crippen LogP contribution in [0.5, 0.6) is 5.75 Å². The van der Waals surface area contributed by atoms with E-state index in [9.17, 15) is 4.79 Å². The lowest BCUT2D eigenvalue weighted by Gasteiger charge is -2.06. The number of benzene rings is 2. The molecule has 0 atom stereocenters. The summed E-state index contributed by atoms with van der Waals surface area (Å²) in [6, 6.07) is 11.8. The van der Waals surface area contributed by atoms with Gasteiger partial charge in [-0.15, -0.1) is 0 Å². The first-order valence-corrected chi connectivity index (χ1v) is 8.34. The highest BCUT2D eigenvalue weighted by Gasteiger charge is 2.23. The average molecular weight is 385 g/mol. The van der Waals surface area contributed by atoms with E-state index in [1.807, 2.05) is 56.3 Å². The SMILES string of the molecule is COc1ccc(/C=C2\C=C(c3cc(C)ccc3C)OC2=O)cc1Br. The van der Waals surface area contributed by atoms with E-state index in [-0.39, 0.29) is 5.97 Å². The zero-order valence-corrected chi connectivity index (χ0v) is 15.3. The highest BCUT2D eigenvalue weighted by Crippen LogP contribution is 2.31. The number of aryl methyl sites for hydroxylation is 2. The summed E-state index contributed by atoms with van der Waals surface area (Å²) in [5, 5.41) is 0. The van der Waals surface area contributed by atoms with Crippen molar-refractivity contribution in [2.75, 3.05) is 7.11 Å². The van der Waals surface area contributed by atoms with Crippen LogP contribution in [0.1, 0.15) is 22.3 Å². The second-order valence-electron chi connectivity index (χ2n) is 5.71. The maximum absolute atomic E-state index is 12.2. The largest absolute Gasteiger partial charge is 0.496 e. The van der Waals surface area contributed by atoms with Crippen molar-refractivity contribution in [3.05, 3.63) is 74.8 Å². The third-order valence-corrected chi connectivity index (χ3v) is 4.50. The Bertz CT molecular complexity index is 878. The summed E-state index contributed by atoms with van der Waals surface area (Å²) in [7, 11) is 1.62. The summed E-state index contributed by atoms with van der Waals surface area (Å²) < 4.78 is 11.5. The van der Waals surface area contributed by atoms with Gasteiger partial charge in [0, 0.05) is 5.56 Å². The van der Waals surface area contributed by atoms with Gasteiger partial charge in [0.25, 0.3) is 0 Å². The lowest BCUT2D eigenvalue weighted by molar-refractivity contribution is -0.130. The number of carbonyl (C=O) groups is 1. The van der Waals surface area contributed by atoms with Gasteiger partial charge >= 0.3 is 5.97 Å². The van der Waals surface area contributed by atoms with Crippen LogP contribution in [0.2, 0.25) is 0 Å². The quantitative estimate of drug-likeness (QED) is 0.548. The summed E-state index contributed by atoms with van der Waals surface area (Å²) >= 11 is 3.45. The summed E-state index contributed by atoms with van der Waals surface area (Å²) in [6.45, 7) is 4.03. The third-order valence-electron chi connectivity index (χ3n) is 3.88. The van der Waals surface area contributed by atoms with Crippen molar-refractivity contribution in [1.29, 1.82) is 0 Å². The van der Waals surface area contributed by atoms with Gasteiger partial charge in [-0.1, -0.05) is 23.8 Å². The number of esters is 1. The second kappa shape index (κ2) is 6.65. The van der Waals surface area contributed by atoms with Gasteiger partial charge in [-0.3, -0.25) is 0 Å². The molecule has 0 spiro atoms. The van der Waals surface area contributed by atoms with Crippen LogP contribution in [-0.4, -0.2) is 13.1 Å². The Balaban J connectivity index is 1.97. The van der Waals surface area contributed by atoms with Crippen molar-refractivity contribution < 1.29 is 14.3 Å². The van der Waals surface area contributed by atoms with Gasteiger partial charge in [0.05, 0.1) is 17.2 Å². The van der Waals surface area contributed by atoms with Crippen molar-refractivity contribution >= 4 is 33.7 Å². The van der Waals surface area contributed by atoms with Crippen LogP contribution in [0.3, 0.4) is 0 Å². The molecule has 0 N–H and O–H groups in total. The molecule has 0 unspecified atom stereocenters. The highest BCUT2D eigenvalue weighted by atomic mass is 79.9. The van der Waals surface area contributed by atoms with Gasteiger partial charge < -0.3 is 9.47 Å². The molecule has 2 aromatic carbocycles. The molecule has 0 saturated heterocycles. The summed E-state index contributed by atoms with van der Waals surface area (Å²) in [4.78, 5) is 12.2. The standard InChI is InChI=1S/C20H17BrO3/c1-12-4-5-13(2)16(8-12)19-11-15(20(22)24-19)9-14-6-7-18(23-3)17(21)10-14/h4-11H,1-3H3/b15-9+.